The molecule has 1 aromatic carbocycles. The lowest BCUT2D eigenvalue weighted by Crippen LogP contribution is -1.91. The summed E-state index contributed by atoms with van der Waals surface area (Å²) < 4.78 is 0. The van der Waals surface area contributed by atoms with Gasteiger partial charge in [0.2, 0.25) is 0 Å². The van der Waals surface area contributed by atoms with E-state index in [1.165, 1.54) is 0 Å². The number of hydrogen-bond donors (Lipinski definition) is 1. The van der Waals surface area contributed by atoms with E-state index >= 15 is 0 Å². The van der Waals surface area contributed by atoms with Gasteiger partial charge >= 0.3 is 0 Å². The summed E-state index contributed by atoms with van der Waals surface area (Å²) in [4.78, 5) is 0. The van der Waals surface area contributed by atoms with Crippen molar-refractivity contribution >= 4 is 17.3 Å². The summed E-state index contributed by atoms with van der Waals surface area (Å²) in [7, 11) is 0. The van der Waals surface area contributed by atoms with Crippen LogP contribution in [0.2, 0.25) is 5.02 Å². The highest BCUT2D eigenvalue weighted by Crippen LogP contribution is 2.14. The van der Waals surface area contributed by atoms with Crippen LogP contribution in [0, 0.1) is 5.41 Å². The Morgan fingerprint density at radius 2 is 2.00 bits per heavy atom. The molecule has 0 unspecified atom stereocenters. The van der Waals surface area contributed by atoms with Gasteiger partial charge in [-0.25, -0.2) is 0 Å². The summed E-state index contributed by atoms with van der Waals surface area (Å²) in [5.41, 5.74) is 1.31. The molecular weight excluding hydrogens is 146 g/mol. The first kappa shape index (κ1) is 7.29. The predicted octanol–water partition coefficient (Wildman–Crippen LogP) is 2.73. The van der Waals surface area contributed by atoms with Crippen molar-refractivity contribution in [2.24, 2.45) is 0 Å². The van der Waals surface area contributed by atoms with Crippen LogP contribution in [0.15, 0.2) is 24.3 Å². The van der Waals surface area contributed by atoms with E-state index in [4.69, 9.17) is 17.0 Å². The molecule has 1 nitrogen and oxygen atoms in total. The smallest absolute Gasteiger partial charge is 0.0496 e. The lowest BCUT2D eigenvalue weighted by molar-refractivity contribution is 1.46. The molecule has 1 aromatic rings. The van der Waals surface area contributed by atoms with E-state index in [0.717, 1.165) is 5.56 Å². The third-order valence-corrected chi connectivity index (χ3v) is 1.61. The summed E-state index contributed by atoms with van der Waals surface area (Å²) in [6.45, 7) is 1.72. The first-order valence-corrected chi connectivity index (χ1v) is 3.39. The van der Waals surface area contributed by atoms with E-state index in [0.29, 0.717) is 10.7 Å². The van der Waals surface area contributed by atoms with Gasteiger partial charge < -0.3 is 5.41 Å². The topological polar surface area (TPSA) is 23.9 Å². The number of nitrogens with one attached hydrogen (secondary N) is 1. The van der Waals surface area contributed by atoms with Gasteiger partial charge in [-0.05, 0) is 13.0 Å². The molecule has 1 rings (SSSR count). The largest absolute Gasteiger partial charge is 0.305 e. The van der Waals surface area contributed by atoms with Crippen LogP contribution >= 0.6 is 11.6 Å². The predicted molar refractivity (Wildman–Crippen MR) is 44.0 cm³/mol. The minimum Gasteiger partial charge on any atom is -0.305 e. The van der Waals surface area contributed by atoms with Gasteiger partial charge in [-0.1, -0.05) is 29.8 Å². The Labute approximate surface area is 65.1 Å². The SMILES string of the molecule is CC(=N)c1ccccc1Cl. The van der Waals surface area contributed by atoms with Gasteiger partial charge in [-0.3, -0.25) is 0 Å². The summed E-state index contributed by atoms with van der Waals surface area (Å²) in [5, 5.41) is 7.94. The van der Waals surface area contributed by atoms with E-state index < -0.39 is 0 Å². The lowest BCUT2D eigenvalue weighted by Gasteiger charge is -1.98. The Morgan fingerprint density at radius 1 is 1.40 bits per heavy atom. The molecule has 0 saturated heterocycles. The highest BCUT2D eigenvalue weighted by molar-refractivity contribution is 6.33. The fraction of sp³-hybridized carbons (Fsp3) is 0.125. The third-order valence-electron chi connectivity index (χ3n) is 1.28. The maximum atomic E-state index is 7.29. The van der Waals surface area contributed by atoms with Crippen molar-refractivity contribution in [3.05, 3.63) is 34.9 Å². The van der Waals surface area contributed by atoms with E-state index in [2.05, 4.69) is 0 Å². The maximum Gasteiger partial charge on any atom is 0.0496 e. The van der Waals surface area contributed by atoms with Crippen LogP contribution in [0.1, 0.15) is 12.5 Å². The van der Waals surface area contributed by atoms with Crippen LogP contribution < -0.4 is 0 Å². The Balaban J connectivity index is 3.15. The molecule has 0 amide bonds. The van der Waals surface area contributed by atoms with Gasteiger partial charge in [-0.2, -0.15) is 0 Å². The Morgan fingerprint density at radius 3 is 2.40 bits per heavy atom. The Hall–Kier alpha value is -0.820. The quantitative estimate of drug-likeness (QED) is 0.600. The van der Waals surface area contributed by atoms with Gasteiger partial charge in [-0.15, -0.1) is 0 Å². The molecule has 0 saturated carbocycles. The van der Waals surface area contributed by atoms with E-state index in [-0.39, 0.29) is 0 Å². The molecule has 0 radical (unpaired) electrons. The fourth-order valence-corrected chi connectivity index (χ4v) is 1.04. The average Bonchev–Trinajstić information content (AvgIpc) is 1.88. The second kappa shape index (κ2) is 2.84. The molecule has 0 aromatic heterocycles. The van der Waals surface area contributed by atoms with Crippen molar-refractivity contribution in [1.29, 1.82) is 5.41 Å². The van der Waals surface area contributed by atoms with Crippen molar-refractivity contribution < 1.29 is 0 Å². The van der Waals surface area contributed by atoms with Gasteiger partial charge in [0, 0.05) is 16.3 Å². The molecule has 0 atom stereocenters. The zero-order valence-electron chi connectivity index (χ0n) is 5.69. The third kappa shape index (κ3) is 1.36. The molecule has 0 bridgehead atoms. The highest BCUT2D eigenvalue weighted by atomic mass is 35.5. The van der Waals surface area contributed by atoms with E-state index in [1.54, 1.807) is 13.0 Å². The fourth-order valence-electron chi connectivity index (χ4n) is 0.765. The van der Waals surface area contributed by atoms with Crippen LogP contribution in [-0.4, -0.2) is 5.71 Å². The summed E-state index contributed by atoms with van der Waals surface area (Å²) >= 11 is 5.78. The van der Waals surface area contributed by atoms with Crippen LogP contribution in [-0.2, 0) is 0 Å². The van der Waals surface area contributed by atoms with Crippen molar-refractivity contribution in [3.8, 4) is 0 Å². The summed E-state index contributed by atoms with van der Waals surface area (Å²) in [6.07, 6.45) is 0. The van der Waals surface area contributed by atoms with Crippen LogP contribution in [0.3, 0.4) is 0 Å². The number of halogens is 1. The van der Waals surface area contributed by atoms with E-state index in [9.17, 15) is 0 Å². The average molecular weight is 154 g/mol. The molecule has 0 aliphatic carbocycles. The first-order chi connectivity index (χ1) is 4.72. The van der Waals surface area contributed by atoms with Gasteiger partial charge in [0.25, 0.3) is 0 Å². The first-order valence-electron chi connectivity index (χ1n) is 3.02. The molecule has 2 heteroatoms. The molecule has 10 heavy (non-hydrogen) atoms. The zero-order valence-corrected chi connectivity index (χ0v) is 6.44. The van der Waals surface area contributed by atoms with Crippen molar-refractivity contribution in [2.45, 2.75) is 6.92 Å². The summed E-state index contributed by atoms with van der Waals surface area (Å²) in [5.74, 6) is 0. The molecule has 52 valence electrons. The van der Waals surface area contributed by atoms with Gasteiger partial charge in [0.15, 0.2) is 0 Å². The maximum absolute atomic E-state index is 7.29. The minimum atomic E-state index is 0.505. The van der Waals surface area contributed by atoms with Crippen molar-refractivity contribution in [3.63, 3.8) is 0 Å². The van der Waals surface area contributed by atoms with Crippen LogP contribution in [0.4, 0.5) is 0 Å². The van der Waals surface area contributed by atoms with Gasteiger partial charge in [0.1, 0.15) is 0 Å². The standard InChI is InChI=1S/C8H8ClN/c1-6(10)7-4-2-3-5-8(7)9/h2-5,10H,1H3. The molecule has 1 N–H and O–H groups in total. The molecular formula is C8H8ClN. The molecule has 0 aliphatic heterocycles. The minimum absolute atomic E-state index is 0.505. The van der Waals surface area contributed by atoms with Gasteiger partial charge in [0.05, 0.1) is 0 Å². The Bertz CT molecular complexity index is 255. The molecule has 0 fully saturated rings. The molecule has 0 spiro atoms. The summed E-state index contributed by atoms with van der Waals surface area (Å²) in [6, 6.07) is 7.35. The monoisotopic (exact) mass is 153 g/mol. The Kier molecular flexibility index (Phi) is 2.07. The second-order valence-electron chi connectivity index (χ2n) is 2.10. The molecule has 0 aliphatic rings. The number of rotatable bonds is 1. The number of benzene rings is 1. The van der Waals surface area contributed by atoms with Crippen molar-refractivity contribution in [2.75, 3.05) is 0 Å². The van der Waals surface area contributed by atoms with Crippen LogP contribution in [0.25, 0.3) is 0 Å². The molecule has 0 heterocycles. The zero-order chi connectivity index (χ0) is 7.56. The van der Waals surface area contributed by atoms with Crippen molar-refractivity contribution in [1.82, 2.24) is 0 Å². The lowest BCUT2D eigenvalue weighted by atomic mass is 10.1. The number of hydrogen-bond acceptors (Lipinski definition) is 1. The highest BCUT2D eigenvalue weighted by Gasteiger charge is 1.98. The van der Waals surface area contributed by atoms with Crippen LogP contribution in [0.5, 0.6) is 0 Å². The normalized spacial score (nSPS) is 9.40. The second-order valence-corrected chi connectivity index (χ2v) is 2.51. The van der Waals surface area contributed by atoms with E-state index in [1.807, 2.05) is 18.2 Å².